The molecule has 1 amide bonds. The van der Waals surface area contributed by atoms with Gasteiger partial charge in [-0.1, -0.05) is 26.0 Å². The van der Waals surface area contributed by atoms with Crippen LogP contribution in [0.4, 0.5) is 5.69 Å². The standard InChI is InChI=1S/C16H24N2O/c1-11(2)16(7-8-16)10-18-15(19)12(3)13-5-4-6-14(17)9-13/h4-6,9,11-12H,7-8,10,17H2,1-3H3,(H,18,19). The molecule has 1 atom stereocenters. The molecule has 1 unspecified atom stereocenters. The Morgan fingerprint density at radius 2 is 2.05 bits per heavy atom. The molecule has 0 aliphatic heterocycles. The fraction of sp³-hybridized carbons (Fsp3) is 0.562. The minimum atomic E-state index is -0.147. The zero-order chi connectivity index (χ0) is 14.0. The van der Waals surface area contributed by atoms with E-state index in [0.29, 0.717) is 17.0 Å². The summed E-state index contributed by atoms with van der Waals surface area (Å²) >= 11 is 0. The van der Waals surface area contributed by atoms with Gasteiger partial charge in [0.15, 0.2) is 0 Å². The summed E-state index contributed by atoms with van der Waals surface area (Å²) in [4.78, 5) is 12.2. The Balaban J connectivity index is 1.93. The zero-order valence-electron chi connectivity index (χ0n) is 12.1. The zero-order valence-corrected chi connectivity index (χ0v) is 12.1. The molecular formula is C16H24N2O. The predicted octanol–water partition coefficient (Wildman–Crippen LogP) is 2.92. The lowest BCUT2D eigenvalue weighted by atomic mass is 9.92. The van der Waals surface area contributed by atoms with E-state index in [1.165, 1.54) is 12.8 Å². The van der Waals surface area contributed by atoms with Crippen molar-refractivity contribution >= 4 is 11.6 Å². The number of benzene rings is 1. The van der Waals surface area contributed by atoms with E-state index >= 15 is 0 Å². The lowest BCUT2D eigenvalue weighted by Crippen LogP contribution is -2.35. The van der Waals surface area contributed by atoms with E-state index in [9.17, 15) is 4.79 Å². The van der Waals surface area contributed by atoms with Crippen molar-refractivity contribution < 1.29 is 4.79 Å². The van der Waals surface area contributed by atoms with Crippen LogP contribution in [0.3, 0.4) is 0 Å². The highest BCUT2D eigenvalue weighted by Crippen LogP contribution is 2.51. The predicted molar refractivity (Wildman–Crippen MR) is 78.8 cm³/mol. The molecule has 0 radical (unpaired) electrons. The monoisotopic (exact) mass is 260 g/mol. The summed E-state index contributed by atoms with van der Waals surface area (Å²) < 4.78 is 0. The van der Waals surface area contributed by atoms with Gasteiger partial charge < -0.3 is 11.1 Å². The van der Waals surface area contributed by atoms with Crippen LogP contribution in [-0.2, 0) is 4.79 Å². The third-order valence-electron chi connectivity index (χ3n) is 4.54. The van der Waals surface area contributed by atoms with Gasteiger partial charge in [0.05, 0.1) is 5.92 Å². The van der Waals surface area contributed by atoms with Gasteiger partial charge in [0, 0.05) is 12.2 Å². The van der Waals surface area contributed by atoms with Crippen LogP contribution < -0.4 is 11.1 Å². The molecule has 19 heavy (non-hydrogen) atoms. The number of rotatable bonds is 5. The van der Waals surface area contributed by atoms with Crippen molar-refractivity contribution in [2.75, 3.05) is 12.3 Å². The number of anilines is 1. The number of amides is 1. The molecule has 1 aliphatic rings. The molecule has 1 aromatic carbocycles. The molecule has 1 saturated carbocycles. The van der Waals surface area contributed by atoms with Gasteiger partial charge in [-0.15, -0.1) is 0 Å². The second-order valence-electron chi connectivity index (χ2n) is 6.13. The maximum atomic E-state index is 12.2. The SMILES string of the molecule is CC(C(=O)NCC1(C(C)C)CC1)c1cccc(N)c1. The first-order valence-corrected chi connectivity index (χ1v) is 7.08. The number of nitrogens with one attached hydrogen (secondary N) is 1. The number of hydrogen-bond acceptors (Lipinski definition) is 2. The first kappa shape index (κ1) is 13.9. The van der Waals surface area contributed by atoms with E-state index in [0.717, 1.165) is 12.1 Å². The molecule has 2 rings (SSSR count). The summed E-state index contributed by atoms with van der Waals surface area (Å²) in [5, 5.41) is 3.10. The highest BCUT2D eigenvalue weighted by Gasteiger charge is 2.45. The molecule has 3 heteroatoms. The summed E-state index contributed by atoms with van der Waals surface area (Å²) in [5.41, 5.74) is 7.80. The lowest BCUT2D eigenvalue weighted by Gasteiger charge is -2.21. The van der Waals surface area contributed by atoms with Crippen LogP contribution in [0.5, 0.6) is 0 Å². The van der Waals surface area contributed by atoms with E-state index in [2.05, 4.69) is 19.2 Å². The van der Waals surface area contributed by atoms with Crippen LogP contribution in [0.25, 0.3) is 0 Å². The van der Waals surface area contributed by atoms with Crippen LogP contribution in [0.2, 0.25) is 0 Å². The Hall–Kier alpha value is -1.51. The second-order valence-corrected chi connectivity index (χ2v) is 6.13. The number of carbonyl (C=O) groups excluding carboxylic acids is 1. The Bertz CT molecular complexity index is 464. The quantitative estimate of drug-likeness (QED) is 0.800. The molecule has 0 aromatic heterocycles. The molecule has 0 heterocycles. The van der Waals surface area contributed by atoms with Gasteiger partial charge in [-0.3, -0.25) is 4.79 Å². The van der Waals surface area contributed by atoms with E-state index in [-0.39, 0.29) is 11.8 Å². The Kier molecular flexibility index (Phi) is 3.83. The van der Waals surface area contributed by atoms with Crippen molar-refractivity contribution in [1.29, 1.82) is 0 Å². The summed E-state index contributed by atoms with van der Waals surface area (Å²) in [7, 11) is 0. The summed E-state index contributed by atoms with van der Waals surface area (Å²) in [6, 6.07) is 7.56. The van der Waals surface area contributed by atoms with Crippen molar-refractivity contribution in [1.82, 2.24) is 5.32 Å². The van der Waals surface area contributed by atoms with Gasteiger partial charge in [-0.05, 0) is 48.8 Å². The third-order valence-corrected chi connectivity index (χ3v) is 4.54. The van der Waals surface area contributed by atoms with Crippen LogP contribution in [0, 0.1) is 11.3 Å². The smallest absolute Gasteiger partial charge is 0.227 e. The Labute approximate surface area is 115 Å². The third kappa shape index (κ3) is 3.09. The molecule has 3 nitrogen and oxygen atoms in total. The molecule has 1 fully saturated rings. The molecule has 1 aromatic rings. The first-order valence-electron chi connectivity index (χ1n) is 7.08. The number of nitrogens with two attached hydrogens (primary N) is 1. The van der Waals surface area contributed by atoms with E-state index in [4.69, 9.17) is 5.73 Å². The van der Waals surface area contributed by atoms with Gasteiger partial charge in [0.25, 0.3) is 0 Å². The molecular weight excluding hydrogens is 236 g/mol. The summed E-state index contributed by atoms with van der Waals surface area (Å²) in [6.45, 7) is 7.20. The largest absolute Gasteiger partial charge is 0.399 e. The molecule has 0 spiro atoms. The molecule has 104 valence electrons. The fourth-order valence-electron chi connectivity index (χ4n) is 2.51. The van der Waals surface area contributed by atoms with E-state index < -0.39 is 0 Å². The van der Waals surface area contributed by atoms with Crippen LogP contribution in [0.15, 0.2) is 24.3 Å². The lowest BCUT2D eigenvalue weighted by molar-refractivity contribution is -0.122. The average molecular weight is 260 g/mol. The van der Waals surface area contributed by atoms with Gasteiger partial charge >= 0.3 is 0 Å². The van der Waals surface area contributed by atoms with Crippen LogP contribution in [-0.4, -0.2) is 12.5 Å². The topological polar surface area (TPSA) is 55.1 Å². The number of nitrogen functional groups attached to an aromatic ring is 1. The van der Waals surface area contributed by atoms with Crippen molar-refractivity contribution in [2.24, 2.45) is 11.3 Å². The van der Waals surface area contributed by atoms with E-state index in [1.54, 1.807) is 0 Å². The Morgan fingerprint density at radius 3 is 2.58 bits per heavy atom. The van der Waals surface area contributed by atoms with Gasteiger partial charge in [0.1, 0.15) is 0 Å². The highest BCUT2D eigenvalue weighted by molar-refractivity contribution is 5.83. The first-order chi connectivity index (χ1) is 8.94. The molecule has 0 bridgehead atoms. The fourth-order valence-corrected chi connectivity index (χ4v) is 2.51. The maximum Gasteiger partial charge on any atom is 0.227 e. The number of carbonyl (C=O) groups is 1. The van der Waals surface area contributed by atoms with Crippen molar-refractivity contribution in [2.45, 2.75) is 39.5 Å². The van der Waals surface area contributed by atoms with Crippen LogP contribution >= 0.6 is 0 Å². The summed E-state index contributed by atoms with van der Waals surface area (Å²) in [5.74, 6) is 0.583. The van der Waals surface area contributed by atoms with Crippen LogP contribution in [0.1, 0.15) is 45.1 Å². The van der Waals surface area contributed by atoms with Crippen molar-refractivity contribution in [3.63, 3.8) is 0 Å². The van der Waals surface area contributed by atoms with Crippen molar-refractivity contribution in [3.8, 4) is 0 Å². The number of hydrogen-bond donors (Lipinski definition) is 2. The van der Waals surface area contributed by atoms with Gasteiger partial charge in [0.2, 0.25) is 5.91 Å². The average Bonchev–Trinajstić information content (AvgIpc) is 3.16. The minimum absolute atomic E-state index is 0.0949. The van der Waals surface area contributed by atoms with Crippen molar-refractivity contribution in [3.05, 3.63) is 29.8 Å². The molecule has 3 N–H and O–H groups in total. The normalized spacial score (nSPS) is 18.1. The van der Waals surface area contributed by atoms with Gasteiger partial charge in [-0.25, -0.2) is 0 Å². The summed E-state index contributed by atoms with van der Waals surface area (Å²) in [6.07, 6.45) is 2.47. The maximum absolute atomic E-state index is 12.2. The van der Waals surface area contributed by atoms with Gasteiger partial charge in [-0.2, -0.15) is 0 Å². The van der Waals surface area contributed by atoms with E-state index in [1.807, 2.05) is 31.2 Å². The molecule has 1 aliphatic carbocycles. The molecule has 0 saturated heterocycles. The second kappa shape index (κ2) is 5.24. The highest BCUT2D eigenvalue weighted by atomic mass is 16.1. The Morgan fingerprint density at radius 1 is 1.37 bits per heavy atom. The minimum Gasteiger partial charge on any atom is -0.399 e.